The van der Waals surface area contributed by atoms with Gasteiger partial charge in [0.2, 0.25) is 11.9 Å². The van der Waals surface area contributed by atoms with Crippen LogP contribution in [0.1, 0.15) is 14.1 Å². The van der Waals surface area contributed by atoms with Crippen LogP contribution in [0.3, 0.4) is 0 Å². The van der Waals surface area contributed by atoms with E-state index in [2.05, 4.69) is 24.8 Å². The molecular formula is C16H23N6O9PS. The van der Waals surface area contributed by atoms with Gasteiger partial charge in [0.1, 0.15) is 18.3 Å². The van der Waals surface area contributed by atoms with Gasteiger partial charge >= 0.3 is 1.43 Å². The first-order chi connectivity index (χ1) is 15.7. The lowest BCUT2D eigenvalue weighted by Crippen LogP contribution is -2.41. The number of carbonyl (C=O) groups is 1. The van der Waals surface area contributed by atoms with E-state index in [0.29, 0.717) is 13.2 Å². The van der Waals surface area contributed by atoms with Gasteiger partial charge in [0.15, 0.2) is 22.5 Å². The number of anilines is 1. The average Bonchev–Trinajstić information content (AvgIpc) is 3.25. The summed E-state index contributed by atoms with van der Waals surface area (Å²) < 4.78 is 33.2. The second kappa shape index (κ2) is 9.68. The van der Waals surface area contributed by atoms with Crippen LogP contribution in [0.4, 0.5) is 5.95 Å². The Hall–Kier alpha value is -2.04. The molecule has 3 unspecified atom stereocenters. The van der Waals surface area contributed by atoms with Crippen molar-refractivity contribution in [1.82, 2.24) is 24.8 Å². The molecular weight excluding hydrogens is 483 g/mol. The number of thioether (sulfide) groups is 1. The third kappa shape index (κ3) is 5.07. The second-order valence-electron chi connectivity index (χ2n) is 7.20. The monoisotopic (exact) mass is 506 g/mol. The van der Waals surface area contributed by atoms with Crippen LogP contribution in [-0.2, 0) is 27.9 Å². The Bertz CT molecular complexity index is 1150. The molecule has 0 bridgehead atoms. The molecule has 182 valence electrons. The van der Waals surface area contributed by atoms with Gasteiger partial charge in [-0.15, -0.1) is 0 Å². The Morgan fingerprint density at radius 3 is 3.09 bits per heavy atom. The van der Waals surface area contributed by atoms with E-state index in [1.165, 1.54) is 11.7 Å². The smallest absolute Gasteiger partial charge is 0.756 e. The number of phosphoric ester groups is 1. The number of nitrogen functional groups attached to an aromatic ring is 1. The lowest BCUT2D eigenvalue weighted by atomic mass is 10.1. The minimum atomic E-state index is -4.58. The number of nitrogens with two attached hydrogens (primary N) is 1. The number of aromatic nitrogens is 4. The van der Waals surface area contributed by atoms with Gasteiger partial charge in [-0.1, -0.05) is 11.8 Å². The Labute approximate surface area is 192 Å². The van der Waals surface area contributed by atoms with Crippen LogP contribution < -0.4 is 21.5 Å². The SMILES string of the molecule is COCCNC(=O)CCSc1nc2c(=O)[nH]c(N)nc2n1[C@@H]1OC2COP(=O)([O-])O[C@H]2C1O.[H+]. The Morgan fingerprint density at radius 1 is 1.55 bits per heavy atom. The van der Waals surface area contributed by atoms with E-state index in [4.69, 9.17) is 19.7 Å². The number of hydrogen-bond donors (Lipinski definition) is 4. The first-order valence-electron chi connectivity index (χ1n) is 9.84. The standard InChI is InChI=1S/C16H23N6O9PS/c1-28-4-3-18-8(23)2-5-33-16-19-9-12(20-15(17)21-13(9)25)22(16)14-10(24)11-7(30-14)6-29-32(26,27)31-11/h7,10-11,14,24H,2-6H2,1H3,(H,18,23)(H,26,27)(H3,17,20,21,25)/t7?,10?,11-,14-/m1/s1. The summed E-state index contributed by atoms with van der Waals surface area (Å²) in [4.78, 5) is 46.7. The zero-order chi connectivity index (χ0) is 23.8. The van der Waals surface area contributed by atoms with Crippen molar-refractivity contribution in [3.05, 3.63) is 10.4 Å². The van der Waals surface area contributed by atoms with Gasteiger partial charge in [0, 0.05) is 25.8 Å². The number of phosphoric acid groups is 1. The molecule has 4 heterocycles. The van der Waals surface area contributed by atoms with Crippen molar-refractivity contribution >= 4 is 42.6 Å². The predicted octanol–water partition coefficient (Wildman–Crippen LogP) is -1.80. The van der Waals surface area contributed by atoms with Gasteiger partial charge < -0.3 is 39.6 Å². The number of rotatable bonds is 8. The maximum Gasteiger partial charge on any atom is 1.00 e. The number of H-pyrrole nitrogens is 1. The highest BCUT2D eigenvalue weighted by Gasteiger charge is 2.51. The summed E-state index contributed by atoms with van der Waals surface area (Å²) >= 11 is 1.12. The molecule has 2 aromatic heterocycles. The molecule has 0 aliphatic carbocycles. The number of nitrogens with one attached hydrogen (secondary N) is 2. The molecule has 0 radical (unpaired) electrons. The molecule has 4 rings (SSSR count). The third-order valence-electron chi connectivity index (χ3n) is 4.94. The molecule has 0 saturated carbocycles. The van der Waals surface area contributed by atoms with Gasteiger partial charge in [0.05, 0.1) is 13.2 Å². The Kier molecular flexibility index (Phi) is 7.07. The minimum absolute atomic E-state index is 0. The third-order valence-corrected chi connectivity index (χ3v) is 6.86. The van der Waals surface area contributed by atoms with E-state index in [-0.39, 0.29) is 48.4 Å². The fourth-order valence-electron chi connectivity index (χ4n) is 3.47. The molecule has 2 aliphatic heterocycles. The number of fused-ring (bicyclic) bond motifs is 2. The number of amides is 1. The number of hydrogen-bond acceptors (Lipinski definition) is 13. The molecule has 0 aromatic carbocycles. The van der Waals surface area contributed by atoms with Gasteiger partial charge in [-0.2, -0.15) is 4.98 Å². The quantitative estimate of drug-likeness (QED) is 0.177. The highest BCUT2D eigenvalue weighted by atomic mass is 32.2. The molecule has 17 heteroatoms. The van der Waals surface area contributed by atoms with Crippen molar-refractivity contribution in [2.75, 3.05) is 38.4 Å². The Balaban J connectivity index is 0.00000324. The number of imidazole rings is 1. The summed E-state index contributed by atoms with van der Waals surface area (Å²) in [6.07, 6.45) is -4.61. The van der Waals surface area contributed by atoms with Gasteiger partial charge in [-0.05, 0) is 0 Å². The molecule has 15 nitrogen and oxygen atoms in total. The molecule has 5 N–H and O–H groups in total. The zero-order valence-electron chi connectivity index (χ0n) is 18.3. The van der Waals surface area contributed by atoms with Crippen molar-refractivity contribution in [2.45, 2.75) is 36.1 Å². The summed E-state index contributed by atoms with van der Waals surface area (Å²) in [5, 5.41) is 13.7. The number of aromatic amines is 1. The van der Waals surface area contributed by atoms with Crippen LogP contribution in [0, 0.1) is 0 Å². The number of methoxy groups -OCH3 is 1. The van der Waals surface area contributed by atoms with Crippen LogP contribution in [0.2, 0.25) is 0 Å². The van der Waals surface area contributed by atoms with E-state index >= 15 is 0 Å². The zero-order valence-corrected chi connectivity index (χ0v) is 19.0. The molecule has 0 spiro atoms. The number of ether oxygens (including phenoxy) is 2. The molecule has 2 fully saturated rings. The summed E-state index contributed by atoms with van der Waals surface area (Å²) in [6, 6.07) is 0. The number of nitrogens with zero attached hydrogens (tertiary/aromatic N) is 3. The highest BCUT2D eigenvalue weighted by molar-refractivity contribution is 7.99. The van der Waals surface area contributed by atoms with E-state index in [1.807, 2.05) is 0 Å². The number of aliphatic hydroxyl groups excluding tert-OH is 1. The molecule has 2 aliphatic rings. The highest BCUT2D eigenvalue weighted by Crippen LogP contribution is 2.50. The summed E-state index contributed by atoms with van der Waals surface area (Å²) in [6.45, 7) is 0.408. The first kappa shape index (κ1) is 24.1. The molecule has 2 saturated heterocycles. The van der Waals surface area contributed by atoms with Crippen LogP contribution in [0.15, 0.2) is 9.95 Å². The van der Waals surface area contributed by atoms with Crippen molar-refractivity contribution < 1.29 is 39.3 Å². The predicted molar refractivity (Wildman–Crippen MR) is 112 cm³/mol. The molecule has 1 amide bonds. The second-order valence-corrected chi connectivity index (χ2v) is 9.62. The number of carbonyl (C=O) groups excluding carboxylic acids is 1. The van der Waals surface area contributed by atoms with Gasteiger partial charge in [0.25, 0.3) is 13.4 Å². The van der Waals surface area contributed by atoms with Gasteiger partial charge in [-0.3, -0.25) is 23.7 Å². The van der Waals surface area contributed by atoms with Crippen molar-refractivity contribution in [1.29, 1.82) is 0 Å². The Morgan fingerprint density at radius 2 is 2.33 bits per heavy atom. The fourth-order valence-corrected chi connectivity index (χ4v) is 5.37. The number of aliphatic hydroxyl groups is 1. The topological polar surface area (TPSA) is 216 Å². The van der Waals surface area contributed by atoms with E-state index in [0.717, 1.165) is 11.8 Å². The molecule has 5 atom stereocenters. The summed E-state index contributed by atoms with van der Waals surface area (Å²) in [5.41, 5.74) is 5.04. The normalized spacial score (nSPS) is 29.3. The van der Waals surface area contributed by atoms with Crippen LogP contribution >= 0.6 is 19.6 Å². The maximum atomic E-state index is 12.4. The van der Waals surface area contributed by atoms with Crippen LogP contribution in [0.5, 0.6) is 0 Å². The van der Waals surface area contributed by atoms with Crippen molar-refractivity contribution in [3.8, 4) is 0 Å². The van der Waals surface area contributed by atoms with E-state index in [9.17, 15) is 24.2 Å². The first-order valence-corrected chi connectivity index (χ1v) is 12.3. The van der Waals surface area contributed by atoms with E-state index < -0.39 is 37.9 Å². The van der Waals surface area contributed by atoms with Crippen molar-refractivity contribution in [3.63, 3.8) is 0 Å². The fraction of sp³-hybridized carbons (Fsp3) is 0.625. The van der Waals surface area contributed by atoms with Gasteiger partial charge in [-0.25, -0.2) is 4.98 Å². The summed E-state index contributed by atoms with van der Waals surface area (Å²) in [5.74, 6) is -0.112. The maximum absolute atomic E-state index is 12.4. The van der Waals surface area contributed by atoms with Crippen LogP contribution in [0.25, 0.3) is 11.2 Å². The molecule has 2 aromatic rings. The lowest BCUT2D eigenvalue weighted by Gasteiger charge is -2.34. The van der Waals surface area contributed by atoms with Crippen molar-refractivity contribution in [2.24, 2.45) is 0 Å². The largest absolute Gasteiger partial charge is 1.00 e. The molecule has 33 heavy (non-hydrogen) atoms. The summed E-state index contributed by atoms with van der Waals surface area (Å²) in [7, 11) is -3.05. The minimum Gasteiger partial charge on any atom is -0.756 e. The van der Waals surface area contributed by atoms with Crippen LogP contribution in [-0.4, -0.2) is 81.5 Å². The van der Waals surface area contributed by atoms with E-state index in [1.54, 1.807) is 0 Å². The lowest BCUT2D eigenvalue weighted by molar-refractivity contribution is -0.245. The average molecular weight is 506 g/mol.